The molecule has 14 heteroatoms. The lowest BCUT2D eigenvalue weighted by Gasteiger charge is -2.27. The highest BCUT2D eigenvalue weighted by Crippen LogP contribution is 2.35. The van der Waals surface area contributed by atoms with E-state index in [0.717, 1.165) is 10.8 Å². The number of likely N-dealkylation sites (N-methyl/N-ethyl adjacent to an activating group) is 1. The molecular weight excluding hydrogens is 636 g/mol. The summed E-state index contributed by atoms with van der Waals surface area (Å²) in [6.07, 6.45) is -4.64. The Balaban J connectivity index is 2.19. The van der Waals surface area contributed by atoms with Gasteiger partial charge in [-0.05, 0) is 75.5 Å². The van der Waals surface area contributed by atoms with E-state index in [9.17, 15) is 37.5 Å². The third-order valence-corrected chi connectivity index (χ3v) is 8.13. The van der Waals surface area contributed by atoms with Gasteiger partial charge < -0.3 is 29.2 Å². The van der Waals surface area contributed by atoms with Crippen molar-refractivity contribution < 1.29 is 37.0 Å². The number of ether oxygens (including phenoxy) is 1. The second-order valence-electron chi connectivity index (χ2n) is 12.6. The molecule has 0 radical (unpaired) electrons. The van der Waals surface area contributed by atoms with Gasteiger partial charge >= 0.3 is 12.1 Å². The monoisotopic (exact) mass is 678 g/mol. The molecule has 1 amide bonds. The molecule has 262 valence electrons. The largest absolute Gasteiger partial charge is 0.496 e. The standard InChI is InChI=1S/C34H42F4N4O6/c1-18(2)11-26(42-17-21(9-10-40(5)6)24(15-28(42)43)34(36,37)38)32(46)39-25(16-29(44)45)23-14-22(12-19(3)31(23)35)30-27(48-8)13-20(4)41(7)33(30)47/h12-15,17-18,25-26H,9-11,16H2,1-8H3,(H,39,46)(H,44,45). The van der Waals surface area contributed by atoms with Crippen molar-refractivity contribution in [2.24, 2.45) is 13.0 Å². The Labute approximate surface area is 275 Å². The molecule has 0 aliphatic carbocycles. The number of alkyl halides is 3. The number of rotatable bonds is 13. The summed E-state index contributed by atoms with van der Waals surface area (Å²) in [5.74, 6) is -3.13. The Morgan fingerprint density at radius 3 is 2.27 bits per heavy atom. The average Bonchev–Trinajstić information content (AvgIpc) is 2.97. The number of pyridine rings is 2. The number of aryl methyl sites for hydroxylation is 2. The predicted molar refractivity (Wildman–Crippen MR) is 173 cm³/mol. The van der Waals surface area contributed by atoms with Gasteiger partial charge in [0.1, 0.15) is 17.6 Å². The zero-order valence-electron chi connectivity index (χ0n) is 28.3. The fourth-order valence-electron chi connectivity index (χ4n) is 5.53. The van der Waals surface area contributed by atoms with E-state index < -0.39 is 59.1 Å². The second kappa shape index (κ2) is 15.2. The minimum Gasteiger partial charge on any atom is -0.496 e. The summed E-state index contributed by atoms with van der Waals surface area (Å²) < 4.78 is 65.3. The summed E-state index contributed by atoms with van der Waals surface area (Å²) in [7, 11) is 6.29. The normalized spacial score (nSPS) is 13.1. The molecule has 3 rings (SSSR count). The van der Waals surface area contributed by atoms with E-state index in [2.05, 4.69) is 5.32 Å². The van der Waals surface area contributed by atoms with Crippen LogP contribution < -0.4 is 21.2 Å². The summed E-state index contributed by atoms with van der Waals surface area (Å²) >= 11 is 0. The van der Waals surface area contributed by atoms with Crippen molar-refractivity contribution in [3.05, 3.63) is 84.9 Å². The van der Waals surface area contributed by atoms with E-state index in [4.69, 9.17) is 4.74 Å². The molecule has 48 heavy (non-hydrogen) atoms. The first-order valence-corrected chi connectivity index (χ1v) is 15.3. The van der Waals surface area contributed by atoms with Crippen LogP contribution in [0.25, 0.3) is 11.1 Å². The summed E-state index contributed by atoms with van der Waals surface area (Å²) in [6, 6.07) is 1.92. The van der Waals surface area contributed by atoms with Gasteiger partial charge in [0.2, 0.25) is 5.91 Å². The Bertz CT molecular complexity index is 1800. The number of carboxylic acids is 1. The van der Waals surface area contributed by atoms with E-state index >= 15 is 4.39 Å². The van der Waals surface area contributed by atoms with Gasteiger partial charge in [0, 0.05) is 43.2 Å². The lowest BCUT2D eigenvalue weighted by atomic mass is 9.93. The third kappa shape index (κ3) is 8.71. The number of hydrogen-bond donors (Lipinski definition) is 2. The number of nitrogens with zero attached hydrogens (tertiary/aromatic N) is 3. The van der Waals surface area contributed by atoms with Crippen molar-refractivity contribution in [3.63, 3.8) is 0 Å². The number of aliphatic carboxylic acids is 1. The van der Waals surface area contributed by atoms with Gasteiger partial charge in [-0.3, -0.25) is 19.2 Å². The Morgan fingerprint density at radius 2 is 1.73 bits per heavy atom. The van der Waals surface area contributed by atoms with E-state index in [-0.39, 0.29) is 58.9 Å². The molecule has 10 nitrogen and oxygen atoms in total. The van der Waals surface area contributed by atoms with Crippen LogP contribution in [0.15, 0.2) is 40.1 Å². The van der Waals surface area contributed by atoms with Gasteiger partial charge in [-0.15, -0.1) is 0 Å². The van der Waals surface area contributed by atoms with E-state index in [1.807, 2.05) is 0 Å². The maximum Gasteiger partial charge on any atom is 0.416 e. The van der Waals surface area contributed by atoms with Crippen LogP contribution in [-0.2, 0) is 29.2 Å². The number of carbonyl (C=O) groups is 2. The Kier molecular flexibility index (Phi) is 12.0. The maximum absolute atomic E-state index is 15.8. The number of carbonyl (C=O) groups excluding carboxylic acids is 1. The second-order valence-corrected chi connectivity index (χ2v) is 12.6. The van der Waals surface area contributed by atoms with Gasteiger partial charge in [-0.25, -0.2) is 4.39 Å². The maximum atomic E-state index is 15.8. The number of carboxylic acid groups (broad SMARTS) is 1. The Morgan fingerprint density at radius 1 is 1.08 bits per heavy atom. The lowest BCUT2D eigenvalue weighted by Crippen LogP contribution is -2.41. The molecule has 3 aromatic rings. The van der Waals surface area contributed by atoms with Crippen molar-refractivity contribution >= 4 is 11.9 Å². The van der Waals surface area contributed by atoms with Crippen LogP contribution >= 0.6 is 0 Å². The first-order chi connectivity index (χ1) is 22.3. The zero-order valence-corrected chi connectivity index (χ0v) is 28.3. The van der Waals surface area contributed by atoms with Crippen LogP contribution in [-0.4, -0.2) is 58.8 Å². The number of methoxy groups -OCH3 is 1. The smallest absolute Gasteiger partial charge is 0.416 e. The van der Waals surface area contributed by atoms with Gasteiger partial charge in [0.15, 0.2) is 0 Å². The first-order valence-electron chi connectivity index (χ1n) is 15.3. The summed E-state index contributed by atoms with van der Waals surface area (Å²) in [4.78, 5) is 54.1. The quantitative estimate of drug-likeness (QED) is 0.244. The highest BCUT2D eigenvalue weighted by Gasteiger charge is 2.36. The van der Waals surface area contributed by atoms with Crippen LogP contribution in [0, 0.1) is 25.6 Å². The van der Waals surface area contributed by atoms with Crippen molar-refractivity contribution in [2.45, 2.75) is 65.2 Å². The zero-order chi connectivity index (χ0) is 36.2. The fourth-order valence-corrected chi connectivity index (χ4v) is 5.53. The average molecular weight is 679 g/mol. The first kappa shape index (κ1) is 38.0. The van der Waals surface area contributed by atoms with E-state index in [0.29, 0.717) is 11.8 Å². The van der Waals surface area contributed by atoms with Gasteiger partial charge in [0.25, 0.3) is 11.1 Å². The van der Waals surface area contributed by atoms with E-state index in [1.165, 1.54) is 30.7 Å². The molecule has 0 bridgehead atoms. The SMILES string of the molecule is COc1cc(C)n(C)c(=O)c1-c1cc(C)c(F)c(C(CC(=O)O)NC(=O)C(CC(C)C)n2cc(CCN(C)C)c(C(F)(F)F)cc2=O)c1. The van der Waals surface area contributed by atoms with Crippen LogP contribution in [0.5, 0.6) is 5.75 Å². The molecular formula is C34H42F4N4O6. The minimum atomic E-state index is -4.82. The molecule has 0 aliphatic rings. The van der Waals surface area contributed by atoms with Crippen LogP contribution in [0.1, 0.15) is 66.7 Å². The molecule has 0 saturated heterocycles. The van der Waals surface area contributed by atoms with Gasteiger partial charge in [-0.2, -0.15) is 13.2 Å². The van der Waals surface area contributed by atoms with Crippen LogP contribution in [0.2, 0.25) is 0 Å². The van der Waals surface area contributed by atoms with Gasteiger partial charge in [0.05, 0.1) is 30.7 Å². The molecule has 1 aromatic carbocycles. The van der Waals surface area contributed by atoms with Crippen molar-refractivity contribution in [1.29, 1.82) is 0 Å². The molecule has 2 unspecified atom stereocenters. The third-order valence-electron chi connectivity index (χ3n) is 8.13. The van der Waals surface area contributed by atoms with Crippen LogP contribution in [0.4, 0.5) is 17.6 Å². The molecule has 0 saturated carbocycles. The van der Waals surface area contributed by atoms with Crippen molar-refractivity contribution in [1.82, 2.24) is 19.4 Å². The molecule has 0 fully saturated rings. The molecule has 2 aromatic heterocycles. The van der Waals surface area contributed by atoms with Crippen LogP contribution in [0.3, 0.4) is 0 Å². The topological polar surface area (TPSA) is 123 Å². The molecule has 2 atom stereocenters. The molecule has 2 N–H and O–H groups in total. The van der Waals surface area contributed by atoms with Crippen molar-refractivity contribution in [2.75, 3.05) is 27.7 Å². The van der Waals surface area contributed by atoms with E-state index in [1.54, 1.807) is 52.9 Å². The minimum absolute atomic E-state index is 0.00216. The highest BCUT2D eigenvalue weighted by molar-refractivity contribution is 5.82. The highest BCUT2D eigenvalue weighted by atomic mass is 19.4. The lowest BCUT2D eigenvalue weighted by molar-refractivity contribution is -0.139. The summed E-state index contributed by atoms with van der Waals surface area (Å²) in [6.45, 7) is 6.85. The number of nitrogens with one attached hydrogen (secondary N) is 1. The number of aromatic nitrogens is 2. The molecule has 2 heterocycles. The number of amides is 1. The predicted octanol–water partition coefficient (Wildman–Crippen LogP) is 5.02. The summed E-state index contributed by atoms with van der Waals surface area (Å²) in [5, 5.41) is 12.3. The summed E-state index contributed by atoms with van der Waals surface area (Å²) in [5.41, 5.74) is -2.10. The fraction of sp³-hybridized carbons (Fsp3) is 0.471. The molecule has 0 spiro atoms. The number of benzene rings is 1. The Hall–Kier alpha value is -4.46. The number of hydrogen-bond acceptors (Lipinski definition) is 6. The molecule has 0 aliphatic heterocycles. The van der Waals surface area contributed by atoms with Gasteiger partial charge in [-0.1, -0.05) is 13.8 Å². The number of halogens is 4. The van der Waals surface area contributed by atoms with Crippen molar-refractivity contribution in [3.8, 4) is 16.9 Å².